The van der Waals surface area contributed by atoms with Crippen LogP contribution in [0.15, 0.2) is 140 Å². The second-order valence-electron chi connectivity index (χ2n) is 13.1. The van der Waals surface area contributed by atoms with Gasteiger partial charge in [-0.3, -0.25) is 4.57 Å². The predicted octanol–water partition coefficient (Wildman–Crippen LogP) is 12.5. The van der Waals surface area contributed by atoms with Crippen LogP contribution in [0.1, 0.15) is 17.7 Å². The summed E-state index contributed by atoms with van der Waals surface area (Å²) in [6.45, 7) is 0. The van der Waals surface area contributed by atoms with Gasteiger partial charge >= 0.3 is 0 Å². The number of rotatable bonds is 4. The van der Waals surface area contributed by atoms with Crippen LogP contribution in [0.4, 0.5) is 0 Å². The molecule has 240 valence electrons. The molecule has 0 amide bonds. The highest BCUT2D eigenvalue weighted by molar-refractivity contribution is 7.26. The number of para-hydroxylation sites is 1. The van der Waals surface area contributed by atoms with Crippen molar-refractivity contribution in [3.63, 3.8) is 0 Å². The Balaban J connectivity index is 1.11. The third kappa shape index (κ3) is 4.54. The summed E-state index contributed by atoms with van der Waals surface area (Å²) in [5.41, 5.74) is 8.05. The maximum Gasteiger partial charge on any atom is 0.238 e. The average molecular weight is 689 g/mol. The lowest BCUT2D eigenvalue weighted by molar-refractivity contribution is 0.903. The Morgan fingerprint density at radius 3 is 2.06 bits per heavy atom. The zero-order valence-corrected chi connectivity index (χ0v) is 29.0. The molecule has 51 heavy (non-hydrogen) atoms. The minimum atomic E-state index is 0.639. The predicted molar refractivity (Wildman–Crippen MR) is 216 cm³/mol. The largest absolute Gasteiger partial charge is 0.278 e. The fraction of sp³-hybridized carbons (Fsp3) is 0.0444. The number of aryl methyl sites for hydroxylation is 1. The molecule has 11 rings (SSSR count). The summed E-state index contributed by atoms with van der Waals surface area (Å²) in [6.07, 6.45) is 6.52. The number of benzene rings is 6. The van der Waals surface area contributed by atoms with Crippen molar-refractivity contribution in [1.29, 1.82) is 0 Å². The van der Waals surface area contributed by atoms with Crippen LogP contribution in [-0.4, -0.2) is 19.5 Å². The smallest absolute Gasteiger partial charge is 0.238 e. The zero-order valence-electron chi connectivity index (χ0n) is 27.4. The Morgan fingerprint density at radius 2 is 1.20 bits per heavy atom. The van der Waals surface area contributed by atoms with E-state index in [-0.39, 0.29) is 0 Å². The van der Waals surface area contributed by atoms with Gasteiger partial charge in [0.2, 0.25) is 5.95 Å². The van der Waals surface area contributed by atoms with Gasteiger partial charge in [-0.25, -0.2) is 4.98 Å². The van der Waals surface area contributed by atoms with Crippen LogP contribution in [0.25, 0.3) is 97.2 Å². The average Bonchev–Trinajstić information content (AvgIpc) is 3.87. The van der Waals surface area contributed by atoms with Crippen molar-refractivity contribution in [3.8, 4) is 39.9 Å². The molecule has 0 spiro atoms. The second kappa shape index (κ2) is 11.3. The van der Waals surface area contributed by atoms with E-state index in [4.69, 9.17) is 15.0 Å². The van der Waals surface area contributed by atoms with Crippen molar-refractivity contribution < 1.29 is 0 Å². The molecule has 0 saturated carbocycles. The van der Waals surface area contributed by atoms with Gasteiger partial charge in [0.05, 0.1) is 11.2 Å². The number of aromatic nitrogens is 4. The molecule has 0 N–H and O–H groups in total. The Kier molecular flexibility index (Phi) is 6.38. The monoisotopic (exact) mass is 688 g/mol. The fourth-order valence-electron chi connectivity index (χ4n) is 7.76. The quantitative estimate of drug-likeness (QED) is 0.185. The van der Waals surface area contributed by atoms with E-state index < -0.39 is 0 Å². The van der Waals surface area contributed by atoms with Crippen LogP contribution in [0, 0.1) is 0 Å². The van der Waals surface area contributed by atoms with Gasteiger partial charge in [0.15, 0.2) is 11.6 Å². The number of hydrogen-bond acceptors (Lipinski definition) is 5. The molecule has 0 bridgehead atoms. The summed E-state index contributed by atoms with van der Waals surface area (Å²) in [4.78, 5) is 15.6. The van der Waals surface area contributed by atoms with Gasteiger partial charge in [0.1, 0.15) is 0 Å². The number of nitrogens with zero attached hydrogens (tertiary/aromatic N) is 4. The number of fused-ring (bicyclic) bond motifs is 9. The van der Waals surface area contributed by atoms with Crippen LogP contribution in [0.2, 0.25) is 0 Å². The molecule has 10 aromatic rings. The highest BCUT2D eigenvalue weighted by Gasteiger charge is 2.22. The van der Waals surface area contributed by atoms with E-state index in [1.165, 1.54) is 62.4 Å². The third-order valence-corrected chi connectivity index (χ3v) is 12.5. The first-order valence-corrected chi connectivity index (χ1v) is 18.9. The minimum Gasteiger partial charge on any atom is -0.278 e. The topological polar surface area (TPSA) is 43.6 Å². The van der Waals surface area contributed by atoms with Gasteiger partial charge in [-0.2, -0.15) is 9.97 Å². The van der Waals surface area contributed by atoms with E-state index in [1.54, 1.807) is 11.3 Å². The van der Waals surface area contributed by atoms with Crippen molar-refractivity contribution in [2.24, 2.45) is 0 Å². The van der Waals surface area contributed by atoms with E-state index in [1.807, 2.05) is 29.5 Å². The number of thiophene rings is 2. The lowest BCUT2D eigenvalue weighted by atomic mass is 10.0. The summed E-state index contributed by atoms with van der Waals surface area (Å²) < 4.78 is 7.30. The molecule has 0 unspecified atom stereocenters. The molecule has 0 aliphatic heterocycles. The maximum absolute atomic E-state index is 5.28. The molecular formula is C45H28N4S2. The first-order valence-electron chi connectivity index (χ1n) is 17.2. The highest BCUT2D eigenvalue weighted by Crippen LogP contribution is 2.43. The number of allylic oxidation sites excluding steroid dienone is 1. The molecule has 4 heterocycles. The summed E-state index contributed by atoms with van der Waals surface area (Å²) >= 11 is 3.66. The molecule has 1 aliphatic carbocycles. The van der Waals surface area contributed by atoms with Crippen molar-refractivity contribution in [3.05, 3.63) is 151 Å². The van der Waals surface area contributed by atoms with Gasteiger partial charge < -0.3 is 0 Å². The summed E-state index contributed by atoms with van der Waals surface area (Å²) in [7, 11) is 0. The van der Waals surface area contributed by atoms with Crippen molar-refractivity contribution in [2.45, 2.75) is 12.8 Å². The van der Waals surface area contributed by atoms with Gasteiger partial charge in [-0.1, -0.05) is 97.1 Å². The Hall–Kier alpha value is -5.95. The minimum absolute atomic E-state index is 0.639. The lowest BCUT2D eigenvalue weighted by Gasteiger charge is -2.13. The Morgan fingerprint density at radius 1 is 0.510 bits per heavy atom. The van der Waals surface area contributed by atoms with Gasteiger partial charge in [0.25, 0.3) is 0 Å². The maximum atomic E-state index is 5.28. The molecule has 0 atom stereocenters. The standard InChI is InChI=1S/C45H28N4S2/c1-2-11-27(12-3-1)43-46-44(48-45(47-43)49-37-18-7-4-13-30(37)31-14-5-8-19-38(31)49)34-17-10-16-33-36-26-29(22-24-41(36)51-42(33)34)28-21-23-40-35(25-28)32-15-6-9-20-39(32)50-40/h1-4,6-13,15-26H,5,14H2. The Bertz CT molecular complexity index is 3040. The molecule has 4 aromatic heterocycles. The van der Waals surface area contributed by atoms with E-state index in [9.17, 15) is 0 Å². The highest BCUT2D eigenvalue weighted by atomic mass is 32.1. The van der Waals surface area contributed by atoms with E-state index in [2.05, 4.69) is 132 Å². The van der Waals surface area contributed by atoms with Crippen LogP contribution in [0.3, 0.4) is 0 Å². The summed E-state index contributed by atoms with van der Waals surface area (Å²) in [5.74, 6) is 1.98. The molecule has 1 aliphatic rings. The summed E-state index contributed by atoms with van der Waals surface area (Å²) in [6, 6.07) is 47.9. The Labute approximate surface area is 301 Å². The first-order chi connectivity index (χ1) is 25.3. The van der Waals surface area contributed by atoms with Crippen molar-refractivity contribution in [2.75, 3.05) is 0 Å². The van der Waals surface area contributed by atoms with Crippen LogP contribution in [-0.2, 0) is 6.42 Å². The number of hydrogen-bond donors (Lipinski definition) is 0. The van der Waals surface area contributed by atoms with Gasteiger partial charge in [-0.05, 0) is 78.1 Å². The zero-order chi connectivity index (χ0) is 33.5. The first kappa shape index (κ1) is 28.8. The molecule has 0 fully saturated rings. The summed E-state index contributed by atoms with van der Waals surface area (Å²) in [5, 5.41) is 6.36. The van der Waals surface area contributed by atoms with Crippen molar-refractivity contribution >= 4 is 80.0 Å². The third-order valence-electron chi connectivity index (χ3n) is 10.2. The molecule has 6 aromatic carbocycles. The van der Waals surface area contributed by atoms with Crippen molar-refractivity contribution in [1.82, 2.24) is 19.5 Å². The van der Waals surface area contributed by atoms with E-state index in [0.717, 1.165) is 35.2 Å². The molecular weight excluding hydrogens is 661 g/mol. The molecule has 6 heteroatoms. The van der Waals surface area contributed by atoms with Gasteiger partial charge in [0, 0.05) is 56.9 Å². The molecule has 4 nitrogen and oxygen atoms in total. The SMILES string of the molecule is C1=Cc2c(c3ccccc3n2-c2nc(-c3ccccc3)nc(-c3cccc4c3sc3ccc(-c5ccc6sc7ccccc7c6c5)cc34)n2)CC1. The van der Waals surface area contributed by atoms with E-state index >= 15 is 0 Å². The molecule has 0 saturated heterocycles. The normalized spacial score (nSPS) is 12.9. The second-order valence-corrected chi connectivity index (χ2v) is 15.2. The van der Waals surface area contributed by atoms with Gasteiger partial charge in [-0.15, -0.1) is 22.7 Å². The van der Waals surface area contributed by atoms with E-state index in [0.29, 0.717) is 17.6 Å². The van der Waals surface area contributed by atoms with Crippen LogP contribution >= 0.6 is 22.7 Å². The fourth-order valence-corrected chi connectivity index (χ4v) is 10.0. The van der Waals surface area contributed by atoms with Crippen LogP contribution < -0.4 is 0 Å². The molecule has 0 radical (unpaired) electrons. The van der Waals surface area contributed by atoms with Crippen LogP contribution in [0.5, 0.6) is 0 Å². The lowest BCUT2D eigenvalue weighted by Crippen LogP contribution is -2.08.